The number of sulfonamides is 2. The predicted octanol–water partition coefficient (Wildman–Crippen LogP) is 18.8. The Balaban J connectivity index is 0.000000241. The summed E-state index contributed by atoms with van der Waals surface area (Å²) in [6.07, 6.45) is 16.9. The van der Waals surface area contributed by atoms with Crippen LogP contribution >= 0.6 is 46.1 Å². The molecule has 24 nitrogen and oxygen atoms in total. The molecule has 1 aliphatic heterocycles. The standard InChI is InChI=1S/C45H55Cl2N7O6S2.C31H34ClN5O4.C9H10N2S.C2H6/c1-2-3-4-5-6-7-8-9-10-11-12-13-14-19-29-48-61(57,58)34-24-27-37(47)40(32-34)51-62(59,60)35-25-26-36(46)39(31-35)49-44(55)43(54-42-23-18-16-21-38(42)50-52-54)45(56)53-30-28-33-20-15-17-22-41(33)53;1-18-10-12-21(19(2)16-18)26(38)14-15-27(39)33-20-11-13-22(32)24(17-20)34-30(41)28(29(40)31(3,4)5)37-25-9-7-6-8-23(25)35-36-37;1-10-9-11(2)7-5-3-4-6-8(7)12-9;1-2/h15-18,20-27,31-32,43,48,51H,2-14,19,28-30H2,1H3,(H,49,55);6-13,16-17,26,28,38H,14-15H2,1-5H3,(H,33,39)(H,34,41);3-6H,1-2H3;1-2H3. The maximum Gasteiger partial charge on any atom is 0.262 e. The van der Waals surface area contributed by atoms with Crippen LogP contribution in [0.5, 0.6) is 0 Å². The summed E-state index contributed by atoms with van der Waals surface area (Å²) in [5, 5.41) is 35.5. The number of anilines is 5. The molecule has 3 atom stereocenters. The molecule has 0 radical (unpaired) electrons. The number of hydrogen-bond acceptors (Lipinski definition) is 16. The maximum atomic E-state index is 14.3. The summed E-state index contributed by atoms with van der Waals surface area (Å²) in [5.74, 6) is -2.69. The normalized spacial score (nSPS) is 13.0. The number of rotatable bonds is 33. The van der Waals surface area contributed by atoms with Crippen LogP contribution in [-0.4, -0.2) is 106 Å². The molecule has 3 unspecified atom stereocenters. The first-order valence-corrected chi connectivity index (χ1v) is 44.6. The minimum Gasteiger partial charge on any atom is -0.388 e. The summed E-state index contributed by atoms with van der Waals surface area (Å²) in [4.78, 5) is 74.5. The summed E-state index contributed by atoms with van der Waals surface area (Å²) < 4.78 is 65.0. The monoisotopic (exact) mass is 1710 g/mol. The van der Waals surface area contributed by atoms with Gasteiger partial charge in [0.2, 0.25) is 22.0 Å². The van der Waals surface area contributed by atoms with Crippen LogP contribution < -0.4 is 35.1 Å². The SMILES string of the molecule is CC.CCCCCCCCCCCCCCCCNS(=O)(=O)c1ccc(Cl)c(NS(=O)(=O)c2ccc(Cl)c(NC(=O)C(C(=O)N3CCc4ccccc43)n3nnc4ccccc43)c2)c1.CN=c1sc2ccccc2n1C.Cc1ccc(C(O)CCC(=O)Nc2ccc(Cl)c(NC(=O)C(C(=O)C(C)(C)C)n3nnc4ccccc43)c2)c(C)c1. The molecule has 4 heterocycles. The van der Waals surface area contributed by atoms with Gasteiger partial charge in [-0.2, -0.15) is 0 Å². The van der Waals surface area contributed by atoms with Crippen LogP contribution in [0.2, 0.25) is 15.1 Å². The van der Waals surface area contributed by atoms with Crippen LogP contribution in [0.4, 0.5) is 28.4 Å². The van der Waals surface area contributed by atoms with E-state index >= 15 is 0 Å². The van der Waals surface area contributed by atoms with Crippen LogP contribution in [0.1, 0.15) is 185 Å². The Morgan fingerprint density at radius 1 is 0.581 bits per heavy atom. The number of benzene rings is 8. The van der Waals surface area contributed by atoms with Gasteiger partial charge in [-0.05, 0) is 147 Å². The van der Waals surface area contributed by atoms with E-state index in [0.29, 0.717) is 52.8 Å². The number of halogens is 3. The molecule has 0 spiro atoms. The van der Waals surface area contributed by atoms with E-state index in [-0.39, 0.29) is 73.0 Å². The number of fused-ring (bicyclic) bond motifs is 4. The van der Waals surface area contributed by atoms with Crippen molar-refractivity contribution in [3.8, 4) is 0 Å². The topological polar surface area (TPSA) is 316 Å². The molecule has 6 N–H and O–H groups in total. The van der Waals surface area contributed by atoms with Gasteiger partial charge < -0.3 is 30.5 Å². The highest BCUT2D eigenvalue weighted by atomic mass is 35.5. The second-order valence-corrected chi connectivity index (χ2v) is 35.2. The van der Waals surface area contributed by atoms with E-state index in [4.69, 9.17) is 34.8 Å². The van der Waals surface area contributed by atoms with Gasteiger partial charge in [0.05, 0.1) is 69.3 Å². The van der Waals surface area contributed by atoms with Crippen molar-refractivity contribution in [2.45, 2.75) is 193 Å². The van der Waals surface area contributed by atoms with Crippen LogP contribution in [0, 0.1) is 19.3 Å². The highest BCUT2D eigenvalue weighted by molar-refractivity contribution is 7.92. The lowest BCUT2D eigenvalue weighted by Gasteiger charge is -2.24. The van der Waals surface area contributed by atoms with Crippen molar-refractivity contribution in [2.24, 2.45) is 17.5 Å². The Morgan fingerprint density at radius 2 is 1.09 bits per heavy atom. The van der Waals surface area contributed by atoms with Crippen molar-refractivity contribution in [2.75, 3.05) is 45.7 Å². The van der Waals surface area contributed by atoms with E-state index < -0.39 is 61.4 Å². The number of nitrogens with zero attached hydrogens (tertiary/aromatic N) is 9. The number of aryl methyl sites for hydroxylation is 3. The highest BCUT2D eigenvalue weighted by Crippen LogP contribution is 2.36. The number of ketones is 1. The maximum absolute atomic E-state index is 14.3. The number of aliphatic hydroxyl groups is 1. The minimum atomic E-state index is -4.43. The molecule has 117 heavy (non-hydrogen) atoms. The van der Waals surface area contributed by atoms with Crippen LogP contribution in [0.3, 0.4) is 0 Å². The lowest BCUT2D eigenvalue weighted by atomic mass is 9.86. The van der Waals surface area contributed by atoms with Gasteiger partial charge in [-0.1, -0.05) is 260 Å². The molecular formula is C87H105Cl3N14O10S3. The zero-order chi connectivity index (χ0) is 84.6. The largest absolute Gasteiger partial charge is 0.388 e. The zero-order valence-corrected chi connectivity index (χ0v) is 72.6. The number of hydrogen-bond donors (Lipinski definition) is 6. The summed E-state index contributed by atoms with van der Waals surface area (Å²) in [6, 6.07) is 44.8. The fourth-order valence-corrected chi connectivity index (χ4v) is 17.2. The van der Waals surface area contributed by atoms with E-state index in [1.54, 1.807) is 92.8 Å². The van der Waals surface area contributed by atoms with Crippen molar-refractivity contribution >= 4 is 156 Å². The number of amides is 4. The number of thiazole rings is 1. The van der Waals surface area contributed by atoms with Gasteiger partial charge in [-0.15, -0.1) is 10.2 Å². The number of carbonyl (C=O) groups excluding carboxylic acids is 5. The Bertz CT molecular complexity index is 5590. The Kier molecular flexibility index (Phi) is 33.6. The molecule has 11 aromatic rings. The van der Waals surface area contributed by atoms with Crippen molar-refractivity contribution in [3.05, 3.63) is 212 Å². The van der Waals surface area contributed by atoms with Gasteiger partial charge in [0, 0.05) is 50.4 Å². The molecule has 1 aliphatic rings. The molecule has 8 aromatic carbocycles. The quantitative estimate of drug-likeness (QED) is 0.0165. The van der Waals surface area contributed by atoms with E-state index in [9.17, 15) is 45.9 Å². The number of carbonyl (C=O) groups is 5. The number of aromatic nitrogens is 7. The third-order valence-electron chi connectivity index (χ3n) is 19.8. The lowest BCUT2D eigenvalue weighted by Crippen LogP contribution is -2.42. The molecule has 0 aliphatic carbocycles. The summed E-state index contributed by atoms with van der Waals surface area (Å²) >= 11 is 21.0. The van der Waals surface area contributed by atoms with Crippen molar-refractivity contribution < 1.29 is 45.9 Å². The van der Waals surface area contributed by atoms with E-state index in [2.05, 4.69) is 86.8 Å². The van der Waals surface area contributed by atoms with Gasteiger partial charge in [0.1, 0.15) is 11.0 Å². The second-order valence-electron chi connectivity index (χ2n) is 29.5. The van der Waals surface area contributed by atoms with Crippen LogP contribution in [0.25, 0.3) is 32.3 Å². The molecule has 622 valence electrons. The van der Waals surface area contributed by atoms with Crippen LogP contribution in [-0.2, 0) is 57.5 Å². The Labute approximate surface area is 704 Å². The number of unbranched alkanes of at least 4 members (excludes halogenated alkanes) is 13. The fraction of sp³-hybridized carbons (Fsp3) is 0.379. The first kappa shape index (κ1) is 91.2. The molecular weight excluding hydrogens is 1600 g/mol. The second kappa shape index (κ2) is 43.1. The zero-order valence-electron chi connectivity index (χ0n) is 67.8. The molecule has 0 saturated carbocycles. The Morgan fingerprint density at radius 3 is 1.67 bits per heavy atom. The smallest absolute Gasteiger partial charge is 0.262 e. The third-order valence-corrected chi connectivity index (χ3v) is 24.8. The molecule has 0 bridgehead atoms. The van der Waals surface area contributed by atoms with Gasteiger partial charge in [-0.25, -0.2) is 30.9 Å². The lowest BCUT2D eigenvalue weighted by molar-refractivity contribution is -0.136. The van der Waals surface area contributed by atoms with E-state index in [1.165, 1.54) is 119 Å². The molecule has 4 amide bonds. The fourth-order valence-electron chi connectivity index (χ4n) is 13.5. The van der Waals surface area contributed by atoms with Gasteiger partial charge >= 0.3 is 0 Å². The average Bonchev–Trinajstić information content (AvgIpc) is 1.66. The summed E-state index contributed by atoms with van der Waals surface area (Å²) in [7, 11) is -4.55. The molecule has 0 fully saturated rings. The number of nitrogens with one attached hydrogen (secondary N) is 5. The number of para-hydroxylation sites is 4. The minimum absolute atomic E-state index is 0.00512. The summed E-state index contributed by atoms with van der Waals surface area (Å²) in [6.45, 7) is 15.9. The van der Waals surface area contributed by atoms with Crippen molar-refractivity contribution in [1.29, 1.82) is 0 Å². The van der Waals surface area contributed by atoms with E-state index in [1.807, 2.05) is 84.3 Å². The number of Topliss-reactive ketones (excluding diaryl/α,β-unsaturated/α-hetero) is 1. The third kappa shape index (κ3) is 24.5. The van der Waals surface area contributed by atoms with Crippen molar-refractivity contribution in [3.63, 3.8) is 0 Å². The average molecular weight is 1710 g/mol. The summed E-state index contributed by atoms with van der Waals surface area (Å²) in [5.41, 5.74) is 7.26. The first-order valence-electron chi connectivity index (χ1n) is 39.7. The van der Waals surface area contributed by atoms with Gasteiger partial charge in [0.25, 0.3) is 27.7 Å². The van der Waals surface area contributed by atoms with Crippen LogP contribution in [0.15, 0.2) is 185 Å². The highest BCUT2D eigenvalue weighted by Gasteiger charge is 2.40. The van der Waals surface area contributed by atoms with E-state index in [0.717, 1.165) is 58.5 Å². The molecule has 0 saturated heterocycles. The first-order chi connectivity index (χ1) is 56.1. The molecule has 12 rings (SSSR count). The Hall–Kier alpha value is -9.71. The molecule has 3 aromatic heterocycles. The van der Waals surface area contributed by atoms with Gasteiger partial charge in [-0.3, -0.25) is 33.7 Å². The van der Waals surface area contributed by atoms with Gasteiger partial charge in [0.15, 0.2) is 16.6 Å². The van der Waals surface area contributed by atoms with Crippen molar-refractivity contribution in [1.82, 2.24) is 39.3 Å². The molecule has 30 heteroatoms. The predicted molar refractivity (Wildman–Crippen MR) is 470 cm³/mol. The number of aliphatic hydroxyl groups excluding tert-OH is 1.